The molecule has 1 atom stereocenters. The first kappa shape index (κ1) is 11.3. The van der Waals surface area contributed by atoms with E-state index in [1.54, 1.807) is 0 Å². The average molecular weight is 239 g/mol. The summed E-state index contributed by atoms with van der Waals surface area (Å²) in [6, 6.07) is 17.2. The van der Waals surface area contributed by atoms with Gasteiger partial charge in [-0.15, -0.1) is 0 Å². The third-order valence-electron chi connectivity index (χ3n) is 3.37. The van der Waals surface area contributed by atoms with Crippen molar-refractivity contribution >= 4 is 0 Å². The molecule has 2 nitrogen and oxygen atoms in total. The monoisotopic (exact) mass is 239 g/mol. The zero-order chi connectivity index (χ0) is 12.4. The number of aryl methyl sites for hydroxylation is 1. The molecule has 0 aliphatic carbocycles. The van der Waals surface area contributed by atoms with Crippen LogP contribution in [0.1, 0.15) is 22.7 Å². The second kappa shape index (κ2) is 4.83. The van der Waals surface area contributed by atoms with Crippen LogP contribution in [0.15, 0.2) is 48.5 Å². The molecule has 2 aromatic rings. The predicted octanol–water partition coefficient (Wildman–Crippen LogP) is 3.22. The van der Waals surface area contributed by atoms with E-state index < -0.39 is 0 Å². The van der Waals surface area contributed by atoms with Gasteiger partial charge in [-0.2, -0.15) is 0 Å². The first-order valence-electron chi connectivity index (χ1n) is 6.33. The van der Waals surface area contributed by atoms with Crippen LogP contribution in [0.5, 0.6) is 5.75 Å². The fourth-order valence-electron chi connectivity index (χ4n) is 2.28. The van der Waals surface area contributed by atoms with Gasteiger partial charge in [0.15, 0.2) is 0 Å². The van der Waals surface area contributed by atoms with Gasteiger partial charge in [0, 0.05) is 12.1 Å². The summed E-state index contributed by atoms with van der Waals surface area (Å²) in [7, 11) is 0. The zero-order valence-electron chi connectivity index (χ0n) is 10.5. The molecule has 0 saturated heterocycles. The molecule has 2 heteroatoms. The van der Waals surface area contributed by atoms with Crippen LogP contribution in [-0.2, 0) is 6.54 Å². The molecule has 1 N–H and O–H groups in total. The topological polar surface area (TPSA) is 21.3 Å². The Kier molecular flexibility index (Phi) is 3.03. The molecule has 0 spiro atoms. The fourth-order valence-corrected chi connectivity index (χ4v) is 2.28. The van der Waals surface area contributed by atoms with Crippen LogP contribution < -0.4 is 10.1 Å². The molecule has 2 aromatic carbocycles. The van der Waals surface area contributed by atoms with E-state index in [-0.39, 0.29) is 0 Å². The highest BCUT2D eigenvalue weighted by Gasteiger charge is 2.22. The smallest absolute Gasteiger partial charge is 0.124 e. The Hall–Kier alpha value is -1.80. The van der Waals surface area contributed by atoms with Crippen LogP contribution in [0.2, 0.25) is 0 Å². The number of hydrogen-bond acceptors (Lipinski definition) is 2. The number of hydrogen-bond donors (Lipinski definition) is 1. The summed E-state index contributed by atoms with van der Waals surface area (Å²) in [5.74, 6) is 1.01. The lowest BCUT2D eigenvalue weighted by Crippen LogP contribution is -2.21. The van der Waals surface area contributed by atoms with Gasteiger partial charge in [0.25, 0.3) is 0 Å². The van der Waals surface area contributed by atoms with E-state index in [2.05, 4.69) is 48.6 Å². The molecule has 3 rings (SSSR count). The van der Waals surface area contributed by atoms with Crippen LogP contribution >= 0.6 is 0 Å². The van der Waals surface area contributed by atoms with E-state index in [0.29, 0.717) is 6.04 Å². The van der Waals surface area contributed by atoms with E-state index >= 15 is 0 Å². The van der Waals surface area contributed by atoms with Gasteiger partial charge in [-0.3, -0.25) is 0 Å². The Labute approximate surface area is 108 Å². The van der Waals surface area contributed by atoms with Crippen molar-refractivity contribution < 1.29 is 4.74 Å². The van der Waals surface area contributed by atoms with E-state index in [9.17, 15) is 0 Å². The van der Waals surface area contributed by atoms with Gasteiger partial charge in [-0.25, -0.2) is 0 Å². The van der Waals surface area contributed by atoms with Crippen LogP contribution in [0.25, 0.3) is 0 Å². The summed E-state index contributed by atoms with van der Waals surface area (Å²) < 4.78 is 5.66. The minimum absolute atomic E-state index is 0.308. The van der Waals surface area contributed by atoms with Crippen LogP contribution in [0.3, 0.4) is 0 Å². The Balaban J connectivity index is 1.67. The van der Waals surface area contributed by atoms with E-state index in [1.165, 1.54) is 16.7 Å². The summed E-state index contributed by atoms with van der Waals surface area (Å²) in [6.45, 7) is 3.71. The second-order valence-corrected chi connectivity index (χ2v) is 4.77. The Morgan fingerprint density at radius 3 is 2.72 bits per heavy atom. The third-order valence-corrected chi connectivity index (χ3v) is 3.37. The number of benzene rings is 2. The number of nitrogens with one attached hydrogen (secondary N) is 1. The second-order valence-electron chi connectivity index (χ2n) is 4.77. The first-order valence-corrected chi connectivity index (χ1v) is 6.33. The molecular formula is C16H17NO. The highest BCUT2D eigenvalue weighted by atomic mass is 16.5. The minimum Gasteiger partial charge on any atom is -0.491 e. The predicted molar refractivity (Wildman–Crippen MR) is 72.7 cm³/mol. The molecular weight excluding hydrogens is 222 g/mol. The van der Waals surface area contributed by atoms with Crippen LogP contribution in [0, 0.1) is 6.92 Å². The molecule has 0 radical (unpaired) electrons. The van der Waals surface area contributed by atoms with Crippen molar-refractivity contribution in [2.24, 2.45) is 0 Å². The van der Waals surface area contributed by atoms with Gasteiger partial charge >= 0.3 is 0 Å². The lowest BCUT2D eigenvalue weighted by Gasteiger charge is -2.11. The highest BCUT2D eigenvalue weighted by molar-refractivity contribution is 5.39. The van der Waals surface area contributed by atoms with Crippen molar-refractivity contribution in [1.29, 1.82) is 0 Å². The molecule has 1 heterocycles. The van der Waals surface area contributed by atoms with Crippen LogP contribution in [-0.4, -0.2) is 6.61 Å². The highest BCUT2D eigenvalue weighted by Crippen LogP contribution is 2.31. The molecule has 0 aromatic heterocycles. The van der Waals surface area contributed by atoms with E-state index in [0.717, 1.165) is 18.9 Å². The molecule has 0 saturated carbocycles. The maximum absolute atomic E-state index is 5.66. The van der Waals surface area contributed by atoms with Gasteiger partial charge in [0.1, 0.15) is 12.4 Å². The number of ether oxygens (including phenoxy) is 1. The lowest BCUT2D eigenvalue weighted by atomic mass is 10.1. The third kappa shape index (κ3) is 2.24. The summed E-state index contributed by atoms with van der Waals surface area (Å²) in [5.41, 5.74) is 3.88. The number of fused-ring (bicyclic) bond motifs is 1. The van der Waals surface area contributed by atoms with Crippen molar-refractivity contribution in [3.63, 3.8) is 0 Å². The largest absolute Gasteiger partial charge is 0.491 e. The number of rotatable bonds is 3. The summed E-state index contributed by atoms with van der Waals surface area (Å²) in [4.78, 5) is 0. The Bertz CT molecular complexity index is 533. The lowest BCUT2D eigenvalue weighted by molar-refractivity contribution is 0.310. The SMILES string of the molecule is Cc1ccc(CNC2COc3ccccc32)cc1. The van der Waals surface area contributed by atoms with Crippen molar-refractivity contribution in [1.82, 2.24) is 5.32 Å². The average Bonchev–Trinajstić information content (AvgIpc) is 2.82. The molecule has 1 aliphatic heterocycles. The van der Waals surface area contributed by atoms with Gasteiger partial charge in [-0.05, 0) is 18.6 Å². The quantitative estimate of drug-likeness (QED) is 0.888. The van der Waals surface area contributed by atoms with Crippen molar-refractivity contribution in [3.8, 4) is 5.75 Å². The molecule has 1 unspecified atom stereocenters. The van der Waals surface area contributed by atoms with Gasteiger partial charge < -0.3 is 10.1 Å². The van der Waals surface area contributed by atoms with Gasteiger partial charge in [0.2, 0.25) is 0 Å². The maximum Gasteiger partial charge on any atom is 0.124 e. The van der Waals surface area contributed by atoms with E-state index in [4.69, 9.17) is 4.74 Å². The maximum atomic E-state index is 5.66. The summed E-state index contributed by atoms with van der Waals surface area (Å²) in [6.07, 6.45) is 0. The molecule has 0 bridgehead atoms. The van der Waals surface area contributed by atoms with Crippen LogP contribution in [0.4, 0.5) is 0 Å². The summed E-state index contributed by atoms with van der Waals surface area (Å²) >= 11 is 0. The van der Waals surface area contributed by atoms with Crippen molar-refractivity contribution in [3.05, 3.63) is 65.2 Å². The first-order chi connectivity index (χ1) is 8.83. The van der Waals surface area contributed by atoms with Crippen molar-refractivity contribution in [2.45, 2.75) is 19.5 Å². The molecule has 0 fully saturated rings. The zero-order valence-corrected chi connectivity index (χ0v) is 10.5. The molecule has 18 heavy (non-hydrogen) atoms. The minimum atomic E-state index is 0.308. The Morgan fingerprint density at radius 1 is 1.11 bits per heavy atom. The molecule has 0 amide bonds. The Morgan fingerprint density at radius 2 is 1.89 bits per heavy atom. The molecule has 1 aliphatic rings. The fraction of sp³-hybridized carbons (Fsp3) is 0.250. The van der Waals surface area contributed by atoms with Gasteiger partial charge in [-0.1, -0.05) is 48.0 Å². The van der Waals surface area contributed by atoms with Gasteiger partial charge in [0.05, 0.1) is 6.04 Å². The standard InChI is InChI=1S/C16H17NO/c1-12-6-8-13(9-7-12)10-17-15-11-18-16-5-3-2-4-14(15)16/h2-9,15,17H,10-11H2,1H3. The summed E-state index contributed by atoms with van der Waals surface area (Å²) in [5, 5.41) is 3.55. The van der Waals surface area contributed by atoms with Crippen molar-refractivity contribution in [2.75, 3.05) is 6.61 Å². The molecule has 92 valence electrons. The number of para-hydroxylation sites is 1. The normalized spacial score (nSPS) is 17.3. The van der Waals surface area contributed by atoms with E-state index in [1.807, 2.05) is 12.1 Å².